The molecular formula is C46H55N5. The van der Waals surface area contributed by atoms with Crippen molar-refractivity contribution in [3.63, 3.8) is 0 Å². The summed E-state index contributed by atoms with van der Waals surface area (Å²) in [6.45, 7) is 6.83. The van der Waals surface area contributed by atoms with Gasteiger partial charge in [-0.05, 0) is 146 Å². The van der Waals surface area contributed by atoms with Crippen LogP contribution in [0.4, 0.5) is 17.1 Å². The van der Waals surface area contributed by atoms with Crippen LogP contribution >= 0.6 is 0 Å². The molecule has 2 bridgehead atoms. The maximum absolute atomic E-state index is 3.89. The number of nitrogens with zero attached hydrogens (tertiary/aromatic N) is 1. The molecule has 3 saturated carbocycles. The maximum atomic E-state index is 3.89. The smallest absolute Gasteiger partial charge is 0.0461 e. The molecule has 0 radical (unpaired) electrons. The fourth-order valence-electron chi connectivity index (χ4n) is 11.9. The molecule has 4 heterocycles. The molecule has 0 amide bonds. The zero-order valence-corrected chi connectivity index (χ0v) is 30.1. The van der Waals surface area contributed by atoms with Crippen LogP contribution in [0.3, 0.4) is 0 Å². The minimum absolute atomic E-state index is 0.300. The Labute approximate surface area is 305 Å². The highest BCUT2D eigenvalue weighted by Crippen LogP contribution is 2.68. The normalized spacial score (nSPS) is 34.2. The van der Waals surface area contributed by atoms with Gasteiger partial charge in [-0.3, -0.25) is 0 Å². The molecule has 4 aromatic rings. The molecule has 5 nitrogen and oxygen atoms in total. The van der Waals surface area contributed by atoms with E-state index < -0.39 is 0 Å². The lowest BCUT2D eigenvalue weighted by Crippen LogP contribution is -2.55. The highest BCUT2D eigenvalue weighted by Gasteiger charge is 2.62. The number of fused-ring (bicyclic) bond motifs is 3. The van der Waals surface area contributed by atoms with E-state index in [4.69, 9.17) is 0 Å². The molecule has 4 aromatic carbocycles. The van der Waals surface area contributed by atoms with Crippen molar-refractivity contribution in [1.29, 1.82) is 0 Å². The average molecular weight is 678 g/mol. The van der Waals surface area contributed by atoms with Crippen molar-refractivity contribution in [3.8, 4) is 0 Å². The predicted octanol–water partition coefficient (Wildman–Crippen LogP) is 8.03. The molecule has 7 fully saturated rings. The topological polar surface area (TPSA) is 51.4 Å². The van der Waals surface area contributed by atoms with Gasteiger partial charge in [-0.1, -0.05) is 66.7 Å². The van der Waals surface area contributed by atoms with Crippen LogP contribution in [0.1, 0.15) is 85.5 Å². The van der Waals surface area contributed by atoms with Gasteiger partial charge >= 0.3 is 0 Å². The monoisotopic (exact) mass is 677 g/mol. The Morgan fingerprint density at radius 1 is 0.510 bits per heavy atom. The molecule has 0 spiro atoms. The number of para-hydroxylation sites is 2. The highest BCUT2D eigenvalue weighted by molar-refractivity contribution is 5.76. The van der Waals surface area contributed by atoms with Crippen molar-refractivity contribution < 1.29 is 0 Å². The van der Waals surface area contributed by atoms with E-state index >= 15 is 0 Å². The number of benzene rings is 4. The number of nitrogens with one attached hydrogen (secondary N) is 4. The molecular weight excluding hydrogens is 623 g/mol. The summed E-state index contributed by atoms with van der Waals surface area (Å²) in [5.41, 5.74) is 10.7. The van der Waals surface area contributed by atoms with Gasteiger partial charge in [0, 0.05) is 67.2 Å². The molecule has 6 unspecified atom stereocenters. The third kappa shape index (κ3) is 5.67. The van der Waals surface area contributed by atoms with Crippen molar-refractivity contribution in [2.24, 2.45) is 11.8 Å². The van der Waals surface area contributed by atoms with Gasteiger partial charge in [0.15, 0.2) is 0 Å². The quantitative estimate of drug-likeness (QED) is 0.160. The first-order valence-electron chi connectivity index (χ1n) is 20.2. The minimum Gasteiger partial charge on any atom is -0.315 e. The summed E-state index contributed by atoms with van der Waals surface area (Å²) in [6, 6.07) is 40.6. The Bertz CT molecular complexity index is 1720. The minimum atomic E-state index is 0.300. The zero-order chi connectivity index (χ0) is 33.8. The first-order valence-corrected chi connectivity index (χ1v) is 20.2. The SMILES string of the molecule is c1ccc(N(c2ccccc2)c2ccc(C34CCC(c5cc(C6CNCC7NCCCC76)cc(C6CNCC7NCCCC76)c5)(C3)C4)cc2)cc1. The van der Waals surface area contributed by atoms with Crippen LogP contribution in [-0.4, -0.2) is 51.4 Å². The lowest BCUT2D eigenvalue weighted by molar-refractivity contribution is 0.187. The number of rotatable bonds is 7. The molecule has 3 aliphatic carbocycles. The molecule has 4 aliphatic heterocycles. The average Bonchev–Trinajstić information content (AvgIpc) is 3.78. The number of anilines is 3. The van der Waals surface area contributed by atoms with Gasteiger partial charge in [-0.25, -0.2) is 0 Å². The summed E-state index contributed by atoms with van der Waals surface area (Å²) >= 11 is 0. The Kier molecular flexibility index (Phi) is 8.32. The van der Waals surface area contributed by atoms with Crippen LogP contribution in [0, 0.1) is 11.8 Å². The zero-order valence-electron chi connectivity index (χ0n) is 30.1. The number of piperidine rings is 4. The van der Waals surface area contributed by atoms with Gasteiger partial charge in [0.1, 0.15) is 0 Å². The molecule has 0 aromatic heterocycles. The molecule has 5 heteroatoms. The summed E-state index contributed by atoms with van der Waals surface area (Å²) < 4.78 is 0. The van der Waals surface area contributed by atoms with Gasteiger partial charge in [0.25, 0.3) is 0 Å². The van der Waals surface area contributed by atoms with Crippen molar-refractivity contribution in [2.75, 3.05) is 44.2 Å². The molecule has 7 aliphatic rings. The lowest BCUT2D eigenvalue weighted by atomic mass is 9.55. The van der Waals surface area contributed by atoms with Gasteiger partial charge in [-0.2, -0.15) is 0 Å². The van der Waals surface area contributed by atoms with E-state index in [1.165, 1.54) is 87.1 Å². The molecule has 51 heavy (non-hydrogen) atoms. The lowest BCUT2D eigenvalue weighted by Gasteiger charge is -2.49. The van der Waals surface area contributed by atoms with Crippen LogP contribution in [0.5, 0.6) is 0 Å². The second kappa shape index (κ2) is 13.2. The third-order valence-corrected chi connectivity index (χ3v) is 14.4. The highest BCUT2D eigenvalue weighted by atomic mass is 15.1. The number of hydrogen-bond acceptors (Lipinski definition) is 5. The second-order valence-electron chi connectivity index (χ2n) is 17.1. The fourth-order valence-corrected chi connectivity index (χ4v) is 11.9. The van der Waals surface area contributed by atoms with E-state index in [0.717, 1.165) is 38.0 Å². The van der Waals surface area contributed by atoms with Crippen molar-refractivity contribution in [1.82, 2.24) is 21.3 Å². The summed E-state index contributed by atoms with van der Waals surface area (Å²) in [5, 5.41) is 15.5. The van der Waals surface area contributed by atoms with E-state index in [9.17, 15) is 0 Å². The summed E-state index contributed by atoms with van der Waals surface area (Å²) in [6.07, 6.45) is 10.5. The standard InChI is InChI=1S/C46H55N5/c1-3-9-36(10-4-1)51(37-11-5-2-6-12-37)38-17-15-34(16-18-38)45-19-20-46(30-45,31-45)35-24-32(41-26-47-28-43-39(41)13-7-21-49-43)23-33(25-35)42-27-48-29-44-40(42)14-8-22-50-44/h1-6,9-12,15-18,23-25,39-44,47-50H,7-8,13-14,19-22,26-31H2. The van der Waals surface area contributed by atoms with Crippen molar-refractivity contribution in [2.45, 2.75) is 86.1 Å². The van der Waals surface area contributed by atoms with Gasteiger partial charge in [-0.15, -0.1) is 0 Å². The van der Waals surface area contributed by atoms with Crippen LogP contribution in [0.25, 0.3) is 0 Å². The van der Waals surface area contributed by atoms with E-state index in [1.807, 2.05) is 0 Å². The fraction of sp³-hybridized carbons (Fsp3) is 0.478. The largest absolute Gasteiger partial charge is 0.315 e. The van der Waals surface area contributed by atoms with Crippen LogP contribution in [-0.2, 0) is 10.8 Å². The maximum Gasteiger partial charge on any atom is 0.0461 e. The summed E-state index contributed by atoms with van der Waals surface area (Å²) in [5.74, 6) is 2.67. The van der Waals surface area contributed by atoms with E-state index in [-0.39, 0.29) is 0 Å². The van der Waals surface area contributed by atoms with Crippen LogP contribution in [0.2, 0.25) is 0 Å². The van der Waals surface area contributed by atoms with E-state index in [1.54, 1.807) is 16.7 Å². The van der Waals surface area contributed by atoms with Crippen molar-refractivity contribution in [3.05, 3.63) is 125 Å². The Balaban J connectivity index is 0.966. The first kappa shape index (κ1) is 32.2. The van der Waals surface area contributed by atoms with Crippen LogP contribution < -0.4 is 26.2 Å². The molecule has 4 N–H and O–H groups in total. The summed E-state index contributed by atoms with van der Waals surface area (Å²) in [7, 11) is 0. The summed E-state index contributed by atoms with van der Waals surface area (Å²) in [4.78, 5) is 2.38. The van der Waals surface area contributed by atoms with E-state index in [0.29, 0.717) is 34.7 Å². The van der Waals surface area contributed by atoms with Gasteiger partial charge in [0.2, 0.25) is 0 Å². The number of hydrogen-bond donors (Lipinski definition) is 4. The molecule has 264 valence electrons. The Morgan fingerprint density at radius 2 is 1.00 bits per heavy atom. The van der Waals surface area contributed by atoms with Gasteiger partial charge < -0.3 is 26.2 Å². The Morgan fingerprint density at radius 3 is 1.53 bits per heavy atom. The third-order valence-electron chi connectivity index (χ3n) is 14.4. The first-order chi connectivity index (χ1) is 25.2. The van der Waals surface area contributed by atoms with Gasteiger partial charge in [0.05, 0.1) is 0 Å². The van der Waals surface area contributed by atoms with Crippen molar-refractivity contribution >= 4 is 17.1 Å². The van der Waals surface area contributed by atoms with Crippen LogP contribution in [0.15, 0.2) is 103 Å². The molecule has 6 atom stereocenters. The molecule has 4 saturated heterocycles. The van der Waals surface area contributed by atoms with E-state index in [2.05, 4.69) is 129 Å². The predicted molar refractivity (Wildman–Crippen MR) is 210 cm³/mol. The Hall–Kier alpha value is -3.48. The second-order valence-corrected chi connectivity index (χ2v) is 17.1. The molecule has 11 rings (SSSR count).